The number of pyridine rings is 2. The lowest BCUT2D eigenvalue weighted by Crippen LogP contribution is -2.29. The number of amides is 1. The third-order valence-corrected chi connectivity index (χ3v) is 6.05. The number of rotatable bonds is 5. The van der Waals surface area contributed by atoms with Crippen molar-refractivity contribution in [3.05, 3.63) is 78.0 Å². The second-order valence-corrected chi connectivity index (χ2v) is 7.86. The molecule has 4 aromatic heterocycles. The van der Waals surface area contributed by atoms with Crippen molar-refractivity contribution in [3.8, 4) is 11.4 Å². The molecule has 2 atom stereocenters. The minimum absolute atomic E-state index is 0.0000776. The van der Waals surface area contributed by atoms with Gasteiger partial charge in [-0.1, -0.05) is 11.2 Å². The van der Waals surface area contributed by atoms with E-state index < -0.39 is 0 Å². The van der Waals surface area contributed by atoms with Crippen molar-refractivity contribution in [3.63, 3.8) is 0 Å². The Morgan fingerprint density at radius 2 is 1.91 bits per heavy atom. The van der Waals surface area contributed by atoms with Crippen LogP contribution in [0.25, 0.3) is 11.4 Å². The first kappa shape index (κ1) is 20.0. The van der Waals surface area contributed by atoms with Gasteiger partial charge in [-0.25, -0.2) is 0 Å². The number of aromatic nitrogens is 6. The molecule has 4 aromatic rings. The number of aryl methyl sites for hydroxylation is 1. The number of likely N-dealkylation sites (tertiary alicyclic amines) is 1. The van der Waals surface area contributed by atoms with E-state index in [1.54, 1.807) is 24.8 Å². The van der Waals surface area contributed by atoms with Crippen LogP contribution in [0.1, 0.15) is 46.3 Å². The summed E-state index contributed by atoms with van der Waals surface area (Å²) in [4.78, 5) is 28.2. The fraction of sp³-hybridized carbons (Fsp3) is 0.304. The van der Waals surface area contributed by atoms with Gasteiger partial charge in [0.2, 0.25) is 11.7 Å². The molecule has 1 aliphatic rings. The van der Waals surface area contributed by atoms with Crippen molar-refractivity contribution in [2.24, 2.45) is 0 Å². The van der Waals surface area contributed by atoms with Crippen LogP contribution in [-0.4, -0.2) is 53.8 Å². The average Bonchev–Trinajstić information content (AvgIpc) is 3.58. The quantitative estimate of drug-likeness (QED) is 0.480. The highest BCUT2D eigenvalue weighted by Gasteiger charge is 2.41. The number of carbonyl (C=O) groups is 1. The van der Waals surface area contributed by atoms with Crippen LogP contribution in [0.15, 0.2) is 59.8 Å². The van der Waals surface area contributed by atoms with Crippen molar-refractivity contribution in [1.82, 2.24) is 34.8 Å². The molecule has 0 aliphatic carbocycles. The Kier molecular flexibility index (Phi) is 5.22. The van der Waals surface area contributed by atoms with Gasteiger partial charge >= 0.3 is 0 Å². The molecule has 1 saturated heterocycles. The predicted molar refractivity (Wildman–Crippen MR) is 116 cm³/mol. The van der Waals surface area contributed by atoms with Gasteiger partial charge in [0, 0.05) is 61.6 Å². The number of hydrogen-bond donors (Lipinski definition) is 0. The summed E-state index contributed by atoms with van der Waals surface area (Å²) < 4.78 is 7.51. The zero-order valence-electron chi connectivity index (χ0n) is 17.9. The van der Waals surface area contributed by atoms with Gasteiger partial charge in [-0.05, 0) is 37.6 Å². The van der Waals surface area contributed by atoms with Crippen molar-refractivity contribution >= 4 is 5.91 Å². The van der Waals surface area contributed by atoms with Crippen molar-refractivity contribution in [1.29, 1.82) is 0 Å². The summed E-state index contributed by atoms with van der Waals surface area (Å²) in [5.74, 6) is 0.860. The Labute approximate surface area is 185 Å². The Morgan fingerprint density at radius 1 is 1.09 bits per heavy atom. The molecule has 0 radical (unpaired) electrons. The van der Waals surface area contributed by atoms with Crippen LogP contribution < -0.4 is 0 Å². The van der Waals surface area contributed by atoms with E-state index in [2.05, 4.69) is 25.2 Å². The van der Waals surface area contributed by atoms with Gasteiger partial charge < -0.3 is 9.42 Å². The first-order chi connectivity index (χ1) is 15.7. The Bertz CT molecular complexity index is 1220. The third-order valence-electron chi connectivity index (χ3n) is 6.05. The van der Waals surface area contributed by atoms with Crippen LogP contribution in [0, 0.1) is 6.92 Å². The second kappa shape index (κ2) is 8.33. The molecule has 5 heterocycles. The fourth-order valence-corrected chi connectivity index (χ4v) is 4.30. The molecule has 9 nitrogen and oxygen atoms in total. The average molecular weight is 429 g/mol. The van der Waals surface area contributed by atoms with Crippen molar-refractivity contribution < 1.29 is 9.32 Å². The summed E-state index contributed by atoms with van der Waals surface area (Å²) in [6.07, 6.45) is 8.62. The summed E-state index contributed by atoms with van der Waals surface area (Å²) in [6.45, 7) is 5.68. The van der Waals surface area contributed by atoms with Gasteiger partial charge in [0.25, 0.3) is 5.91 Å². The van der Waals surface area contributed by atoms with E-state index in [9.17, 15) is 4.79 Å². The molecule has 0 saturated carbocycles. The summed E-state index contributed by atoms with van der Waals surface area (Å²) in [7, 11) is 0. The highest BCUT2D eigenvalue weighted by molar-refractivity contribution is 5.95. The van der Waals surface area contributed by atoms with Gasteiger partial charge in [0.05, 0.1) is 17.7 Å². The van der Waals surface area contributed by atoms with Gasteiger partial charge in [0.1, 0.15) is 0 Å². The first-order valence-corrected chi connectivity index (χ1v) is 10.6. The molecule has 5 rings (SSSR count). The molecule has 162 valence electrons. The second-order valence-electron chi connectivity index (χ2n) is 7.86. The van der Waals surface area contributed by atoms with Crippen LogP contribution in [0.5, 0.6) is 0 Å². The SMILES string of the molecule is CCn1ncc(C(=O)N2C[C@@H](c3cccnc3)[C@H](c3nc(-c4ccncc4)no3)C2)c1C. The molecule has 9 heteroatoms. The van der Waals surface area contributed by atoms with Crippen LogP contribution in [-0.2, 0) is 6.54 Å². The molecule has 1 amide bonds. The molecular weight excluding hydrogens is 406 g/mol. The lowest BCUT2D eigenvalue weighted by molar-refractivity contribution is 0.0787. The summed E-state index contributed by atoms with van der Waals surface area (Å²) in [6, 6.07) is 7.61. The van der Waals surface area contributed by atoms with Crippen LogP contribution >= 0.6 is 0 Å². The van der Waals surface area contributed by atoms with Crippen LogP contribution in [0.4, 0.5) is 0 Å². The highest BCUT2D eigenvalue weighted by Crippen LogP contribution is 2.40. The minimum atomic E-state index is -0.132. The molecule has 1 aliphatic heterocycles. The molecular formula is C23H23N7O2. The normalized spacial score (nSPS) is 18.2. The van der Waals surface area contributed by atoms with Crippen LogP contribution in [0.2, 0.25) is 0 Å². The number of carbonyl (C=O) groups excluding carboxylic acids is 1. The lowest BCUT2D eigenvalue weighted by Gasteiger charge is -2.16. The maximum Gasteiger partial charge on any atom is 0.257 e. The van der Waals surface area contributed by atoms with Gasteiger partial charge in [-0.15, -0.1) is 0 Å². The van der Waals surface area contributed by atoms with Gasteiger partial charge in [-0.2, -0.15) is 10.1 Å². The fourth-order valence-electron chi connectivity index (χ4n) is 4.30. The summed E-state index contributed by atoms with van der Waals surface area (Å²) >= 11 is 0. The third kappa shape index (κ3) is 3.55. The molecule has 0 N–H and O–H groups in total. The molecule has 0 unspecified atom stereocenters. The smallest absolute Gasteiger partial charge is 0.257 e. The van der Waals surface area contributed by atoms with Gasteiger partial charge in [-0.3, -0.25) is 19.4 Å². The largest absolute Gasteiger partial charge is 0.339 e. The van der Waals surface area contributed by atoms with E-state index in [0.717, 1.165) is 23.4 Å². The zero-order valence-corrected chi connectivity index (χ0v) is 17.9. The standard InChI is InChI=1S/C23H23N7O2/c1-3-30-15(2)18(12-26-30)23(31)29-13-19(17-5-4-8-25-11-17)20(14-29)22-27-21(28-32-22)16-6-9-24-10-7-16/h4-12,19-20H,3,13-14H2,1-2H3/t19-,20+/m0/s1. The van der Waals surface area contributed by atoms with Crippen molar-refractivity contribution in [2.75, 3.05) is 13.1 Å². The van der Waals surface area contributed by atoms with E-state index >= 15 is 0 Å². The van der Waals surface area contributed by atoms with E-state index in [1.807, 2.05) is 53.9 Å². The topological polar surface area (TPSA) is 103 Å². The molecule has 32 heavy (non-hydrogen) atoms. The number of hydrogen-bond acceptors (Lipinski definition) is 7. The maximum atomic E-state index is 13.4. The molecule has 1 fully saturated rings. The molecule has 0 bridgehead atoms. The van der Waals surface area contributed by atoms with Crippen LogP contribution in [0.3, 0.4) is 0 Å². The van der Waals surface area contributed by atoms with E-state index in [0.29, 0.717) is 30.4 Å². The molecule has 0 spiro atoms. The van der Waals surface area contributed by atoms with E-state index in [-0.39, 0.29) is 17.7 Å². The van der Waals surface area contributed by atoms with Crippen molar-refractivity contribution in [2.45, 2.75) is 32.2 Å². The number of nitrogens with zero attached hydrogens (tertiary/aromatic N) is 7. The summed E-state index contributed by atoms with van der Waals surface area (Å²) in [5.41, 5.74) is 3.37. The molecule has 0 aromatic carbocycles. The minimum Gasteiger partial charge on any atom is -0.339 e. The van der Waals surface area contributed by atoms with Gasteiger partial charge in [0.15, 0.2) is 0 Å². The Balaban J connectivity index is 1.47. The highest BCUT2D eigenvalue weighted by atomic mass is 16.5. The maximum absolute atomic E-state index is 13.4. The Hall–Kier alpha value is -3.88. The van der Waals surface area contributed by atoms with E-state index in [4.69, 9.17) is 4.52 Å². The first-order valence-electron chi connectivity index (χ1n) is 10.6. The zero-order chi connectivity index (χ0) is 22.1. The predicted octanol–water partition coefficient (Wildman–Crippen LogP) is 3.07. The monoisotopic (exact) mass is 429 g/mol. The summed E-state index contributed by atoms with van der Waals surface area (Å²) in [5, 5.41) is 8.50. The van der Waals surface area contributed by atoms with E-state index in [1.165, 1.54) is 0 Å². The Morgan fingerprint density at radius 3 is 2.62 bits per heavy atom. The lowest BCUT2D eigenvalue weighted by atomic mass is 9.90.